The molecule has 1 aromatic carbocycles. The fourth-order valence-corrected chi connectivity index (χ4v) is 2.99. The van der Waals surface area contributed by atoms with Gasteiger partial charge in [-0.25, -0.2) is 0 Å². The Morgan fingerprint density at radius 1 is 1.22 bits per heavy atom. The molecule has 5 nitrogen and oxygen atoms in total. The van der Waals surface area contributed by atoms with Crippen LogP contribution in [0.15, 0.2) is 24.3 Å². The van der Waals surface area contributed by atoms with Crippen molar-refractivity contribution in [3.63, 3.8) is 0 Å². The number of piperidine rings is 1. The molecule has 3 N–H and O–H groups in total. The van der Waals surface area contributed by atoms with E-state index in [9.17, 15) is 9.59 Å². The van der Waals surface area contributed by atoms with Crippen molar-refractivity contribution in [2.45, 2.75) is 26.2 Å². The zero-order valence-corrected chi connectivity index (χ0v) is 14.2. The van der Waals surface area contributed by atoms with Crippen LogP contribution in [0.5, 0.6) is 0 Å². The van der Waals surface area contributed by atoms with Gasteiger partial charge in [-0.2, -0.15) is 0 Å². The van der Waals surface area contributed by atoms with Crippen LogP contribution in [0.2, 0.25) is 5.02 Å². The molecule has 0 aromatic heterocycles. The standard InChI is InChI=1S/C17H24ClN3O2/c1-12(13-6-8-19-9-7-13)10-16(22)20-11-17(23)21-15-4-2-14(18)3-5-15/h2-5,12-13,19H,6-11H2,1H3,(H,20,22)(H,21,23). The van der Waals surface area contributed by atoms with Crippen LogP contribution in [0.25, 0.3) is 0 Å². The van der Waals surface area contributed by atoms with Gasteiger partial charge in [0, 0.05) is 17.1 Å². The van der Waals surface area contributed by atoms with Crippen LogP contribution in [0.1, 0.15) is 26.2 Å². The van der Waals surface area contributed by atoms with Crippen LogP contribution in [0, 0.1) is 11.8 Å². The lowest BCUT2D eigenvalue weighted by atomic mass is 9.84. The van der Waals surface area contributed by atoms with Gasteiger partial charge in [0.2, 0.25) is 11.8 Å². The Labute approximate surface area is 142 Å². The van der Waals surface area contributed by atoms with E-state index in [0.717, 1.165) is 25.9 Å². The van der Waals surface area contributed by atoms with Crippen LogP contribution in [0.4, 0.5) is 5.69 Å². The van der Waals surface area contributed by atoms with E-state index in [4.69, 9.17) is 11.6 Å². The summed E-state index contributed by atoms with van der Waals surface area (Å²) in [6.45, 7) is 4.16. The number of anilines is 1. The van der Waals surface area contributed by atoms with Crippen molar-refractivity contribution in [1.82, 2.24) is 10.6 Å². The van der Waals surface area contributed by atoms with Gasteiger partial charge < -0.3 is 16.0 Å². The molecular weight excluding hydrogens is 314 g/mol. The fourth-order valence-electron chi connectivity index (χ4n) is 2.86. The van der Waals surface area contributed by atoms with Crippen molar-refractivity contribution < 1.29 is 9.59 Å². The molecule has 1 aromatic rings. The highest BCUT2D eigenvalue weighted by Gasteiger charge is 2.22. The summed E-state index contributed by atoms with van der Waals surface area (Å²) >= 11 is 5.79. The summed E-state index contributed by atoms with van der Waals surface area (Å²) in [5.41, 5.74) is 0.664. The maximum Gasteiger partial charge on any atom is 0.243 e. The van der Waals surface area contributed by atoms with Gasteiger partial charge in [0.05, 0.1) is 6.54 Å². The number of nitrogens with one attached hydrogen (secondary N) is 3. The maximum absolute atomic E-state index is 12.0. The molecule has 23 heavy (non-hydrogen) atoms. The first kappa shape index (κ1) is 17.8. The number of rotatable bonds is 6. The number of amides is 2. The predicted molar refractivity (Wildman–Crippen MR) is 92.5 cm³/mol. The van der Waals surface area contributed by atoms with Crippen LogP contribution in [-0.2, 0) is 9.59 Å². The SMILES string of the molecule is CC(CC(=O)NCC(=O)Nc1ccc(Cl)cc1)C1CCNCC1. The average Bonchev–Trinajstić information content (AvgIpc) is 2.56. The molecule has 0 aliphatic carbocycles. The fraction of sp³-hybridized carbons (Fsp3) is 0.529. The van der Waals surface area contributed by atoms with Crippen LogP contribution < -0.4 is 16.0 Å². The van der Waals surface area contributed by atoms with Crippen molar-refractivity contribution in [2.75, 3.05) is 25.0 Å². The molecular formula is C17H24ClN3O2. The van der Waals surface area contributed by atoms with E-state index in [1.807, 2.05) is 0 Å². The Balaban J connectivity index is 1.68. The minimum Gasteiger partial charge on any atom is -0.347 e. The molecule has 1 saturated heterocycles. The highest BCUT2D eigenvalue weighted by molar-refractivity contribution is 6.30. The summed E-state index contributed by atoms with van der Waals surface area (Å²) in [5.74, 6) is 0.624. The average molecular weight is 338 g/mol. The van der Waals surface area contributed by atoms with Gasteiger partial charge in [0.1, 0.15) is 0 Å². The number of hydrogen-bond donors (Lipinski definition) is 3. The Kier molecular flexibility index (Phi) is 6.86. The first-order valence-corrected chi connectivity index (χ1v) is 8.45. The van der Waals surface area contributed by atoms with E-state index in [1.165, 1.54) is 0 Å². The first-order valence-electron chi connectivity index (χ1n) is 8.07. The minimum absolute atomic E-state index is 0.0135. The van der Waals surface area contributed by atoms with Gasteiger partial charge in [0.25, 0.3) is 0 Å². The molecule has 0 spiro atoms. The third-order valence-corrected chi connectivity index (χ3v) is 4.52. The molecule has 1 fully saturated rings. The van der Waals surface area contributed by atoms with Crippen molar-refractivity contribution in [3.8, 4) is 0 Å². The summed E-state index contributed by atoms with van der Waals surface area (Å²) in [6.07, 6.45) is 2.70. The van der Waals surface area contributed by atoms with Crippen LogP contribution in [0.3, 0.4) is 0 Å². The third kappa shape index (κ3) is 6.20. The summed E-state index contributed by atoms with van der Waals surface area (Å²) in [4.78, 5) is 23.8. The Hall–Kier alpha value is -1.59. The van der Waals surface area contributed by atoms with E-state index < -0.39 is 0 Å². The molecule has 126 valence electrons. The highest BCUT2D eigenvalue weighted by Crippen LogP contribution is 2.24. The molecule has 2 rings (SSSR count). The molecule has 0 bridgehead atoms. The van der Waals surface area contributed by atoms with Crippen molar-refractivity contribution >= 4 is 29.1 Å². The molecule has 0 saturated carbocycles. The molecule has 1 atom stereocenters. The number of halogens is 1. The van der Waals surface area contributed by atoms with Crippen LogP contribution >= 0.6 is 11.6 Å². The van der Waals surface area contributed by atoms with Crippen molar-refractivity contribution in [1.29, 1.82) is 0 Å². The highest BCUT2D eigenvalue weighted by atomic mass is 35.5. The third-order valence-electron chi connectivity index (χ3n) is 4.27. The van der Waals surface area contributed by atoms with E-state index in [1.54, 1.807) is 24.3 Å². The van der Waals surface area contributed by atoms with Crippen molar-refractivity contribution in [3.05, 3.63) is 29.3 Å². The number of carbonyl (C=O) groups excluding carboxylic acids is 2. The van der Waals surface area contributed by atoms with Gasteiger partial charge in [-0.15, -0.1) is 0 Å². The zero-order chi connectivity index (χ0) is 16.7. The number of hydrogen-bond acceptors (Lipinski definition) is 3. The van der Waals surface area contributed by atoms with Crippen molar-refractivity contribution in [2.24, 2.45) is 11.8 Å². The van der Waals surface area contributed by atoms with E-state index >= 15 is 0 Å². The second kappa shape index (κ2) is 8.89. The lowest BCUT2D eigenvalue weighted by Crippen LogP contribution is -2.36. The van der Waals surface area contributed by atoms with Gasteiger partial charge in [-0.05, 0) is 62.0 Å². The predicted octanol–water partition coefficient (Wildman–Crippen LogP) is 2.42. The number of benzene rings is 1. The Morgan fingerprint density at radius 2 is 1.87 bits per heavy atom. The molecule has 1 aliphatic rings. The quantitative estimate of drug-likeness (QED) is 0.746. The second-order valence-corrected chi connectivity index (χ2v) is 6.54. The minimum atomic E-state index is -0.241. The van der Waals surface area contributed by atoms with Gasteiger partial charge in [-0.3, -0.25) is 9.59 Å². The molecule has 6 heteroatoms. The summed E-state index contributed by atoms with van der Waals surface area (Å²) in [5, 5.41) is 9.35. The smallest absolute Gasteiger partial charge is 0.243 e. The molecule has 1 unspecified atom stereocenters. The second-order valence-electron chi connectivity index (χ2n) is 6.10. The monoisotopic (exact) mass is 337 g/mol. The molecule has 1 aliphatic heterocycles. The topological polar surface area (TPSA) is 70.2 Å². The summed E-state index contributed by atoms with van der Waals surface area (Å²) in [7, 11) is 0. The normalized spacial score (nSPS) is 16.6. The van der Waals surface area contributed by atoms with E-state index in [0.29, 0.717) is 29.0 Å². The zero-order valence-electron chi connectivity index (χ0n) is 13.4. The molecule has 0 radical (unpaired) electrons. The van der Waals surface area contributed by atoms with Gasteiger partial charge >= 0.3 is 0 Å². The first-order chi connectivity index (χ1) is 11.0. The Morgan fingerprint density at radius 3 is 2.52 bits per heavy atom. The lowest BCUT2D eigenvalue weighted by molar-refractivity contribution is -0.125. The van der Waals surface area contributed by atoms with Crippen LogP contribution in [-0.4, -0.2) is 31.4 Å². The van der Waals surface area contributed by atoms with Gasteiger partial charge in [-0.1, -0.05) is 18.5 Å². The maximum atomic E-state index is 12.0. The van der Waals surface area contributed by atoms with E-state index in [2.05, 4.69) is 22.9 Å². The van der Waals surface area contributed by atoms with E-state index in [-0.39, 0.29) is 18.4 Å². The summed E-state index contributed by atoms with van der Waals surface area (Å²) < 4.78 is 0. The lowest BCUT2D eigenvalue weighted by Gasteiger charge is -2.27. The van der Waals surface area contributed by atoms with Gasteiger partial charge in [0.15, 0.2) is 0 Å². The largest absolute Gasteiger partial charge is 0.347 e. The molecule has 1 heterocycles. The Bertz CT molecular complexity index is 527. The number of carbonyl (C=O) groups is 2. The molecule has 2 amide bonds. The summed E-state index contributed by atoms with van der Waals surface area (Å²) in [6, 6.07) is 6.86.